The van der Waals surface area contributed by atoms with Crippen LogP contribution in [-0.2, 0) is 90.5 Å². The molecule has 0 aliphatic heterocycles. The zero-order valence-electron chi connectivity index (χ0n) is 40.5. The van der Waals surface area contributed by atoms with E-state index in [1.165, 1.54) is 54.1 Å². The molecule has 0 saturated heterocycles. The van der Waals surface area contributed by atoms with Crippen LogP contribution in [0.5, 0.6) is 0 Å². The third kappa shape index (κ3) is 97.3. The maximum absolute atomic E-state index is 10.7. The van der Waals surface area contributed by atoms with E-state index >= 15 is 0 Å². The van der Waals surface area contributed by atoms with Gasteiger partial charge in [-0.2, -0.15) is 0 Å². The molecule has 0 fully saturated rings. The van der Waals surface area contributed by atoms with E-state index in [4.69, 9.17) is 0 Å². The van der Waals surface area contributed by atoms with Gasteiger partial charge in [-0.15, -0.1) is 0 Å². The van der Waals surface area contributed by atoms with Gasteiger partial charge < -0.3 is 52.1 Å². The van der Waals surface area contributed by atoms with Crippen LogP contribution >= 0.6 is 0 Å². The summed E-state index contributed by atoms with van der Waals surface area (Å²) in [6.45, 7) is 19.0. The maximum atomic E-state index is 10.7. The summed E-state index contributed by atoms with van der Waals surface area (Å²) in [5, 5.41) is 0. The number of unbranched alkanes of at least 4 members (excludes halogenated alkanes) is 2. The van der Waals surface area contributed by atoms with Crippen LogP contribution in [0, 0.1) is 0 Å². The number of Topliss-reactive ketones (excluding diaryl/α,β-unsaturated/α-hetero) is 4. The predicted molar refractivity (Wildman–Crippen MR) is 230 cm³/mol. The van der Waals surface area contributed by atoms with E-state index < -0.39 is 30.3 Å². The third-order valence-electron chi connectivity index (χ3n) is 5.28. The molecule has 0 rings (SSSR count). The number of carbonyl (C=O) groups is 8. The van der Waals surface area contributed by atoms with Gasteiger partial charge in [0.25, 0.3) is 0 Å². The molecule has 0 N–H and O–H groups in total. The van der Waals surface area contributed by atoms with Gasteiger partial charge in [0.05, 0.1) is 26.1 Å². The van der Waals surface area contributed by atoms with Crippen LogP contribution in [0.1, 0.15) is 127 Å². The lowest BCUT2D eigenvalue weighted by Crippen LogP contribution is -2.15. The molecule has 0 radical (unpaired) electrons. The molecule has 366 valence electrons. The fourth-order valence-electron chi connectivity index (χ4n) is 2.60. The Kier molecular flexibility index (Phi) is 86.7. The largest absolute Gasteiger partial charge is 0.466 e. The maximum Gasteiger partial charge on any atom is 0.319 e. The van der Waals surface area contributed by atoms with Crippen molar-refractivity contribution in [3.63, 3.8) is 0 Å². The highest BCUT2D eigenvalue weighted by atomic mass is 16.7. The lowest BCUT2D eigenvalue weighted by atomic mass is 10.1. The van der Waals surface area contributed by atoms with Gasteiger partial charge in [0.2, 0.25) is 0 Å². The van der Waals surface area contributed by atoms with E-state index in [0.29, 0.717) is 19.6 Å². The van der Waals surface area contributed by atoms with E-state index in [2.05, 4.69) is 79.8 Å². The molecular formula is C42H84O19. The number of carbonyl (C=O) groups excluding carboxylic acids is 8. The Morgan fingerprint density at radius 1 is 0.328 bits per heavy atom. The second-order valence-electron chi connectivity index (χ2n) is 11.2. The molecule has 0 unspecified atom stereocenters. The first-order valence-corrected chi connectivity index (χ1v) is 20.1. The number of esters is 4. The molecule has 0 aromatic heterocycles. The van der Waals surface area contributed by atoms with Gasteiger partial charge in [-0.25, -0.2) is 0 Å². The van der Waals surface area contributed by atoms with Gasteiger partial charge in [-0.05, 0) is 20.8 Å². The van der Waals surface area contributed by atoms with Crippen molar-refractivity contribution in [2.45, 2.75) is 127 Å². The zero-order chi connectivity index (χ0) is 49.1. The van der Waals surface area contributed by atoms with Crippen molar-refractivity contribution in [3.8, 4) is 0 Å². The summed E-state index contributed by atoms with van der Waals surface area (Å²) in [6, 6.07) is 0. The minimum absolute atomic E-state index is 0.00451. The Morgan fingerprint density at radius 2 is 0.607 bits per heavy atom. The molecule has 0 bridgehead atoms. The van der Waals surface area contributed by atoms with Gasteiger partial charge in [-0.1, -0.05) is 67.2 Å². The quantitative estimate of drug-likeness (QED) is 0.0454. The molecule has 0 aromatic carbocycles. The van der Waals surface area contributed by atoms with Crippen molar-refractivity contribution in [1.82, 2.24) is 0 Å². The topological polar surface area (TPSA) is 238 Å². The Bertz CT molecular complexity index is 878. The molecule has 0 atom stereocenters. The Hall–Kier alpha value is -3.72. The summed E-state index contributed by atoms with van der Waals surface area (Å²) < 4.78 is 49.4. The number of methoxy groups -OCH3 is 7. The van der Waals surface area contributed by atoms with E-state index in [9.17, 15) is 38.4 Å². The molecule has 0 aromatic rings. The van der Waals surface area contributed by atoms with Gasteiger partial charge >= 0.3 is 23.9 Å². The second kappa shape index (κ2) is 70.8. The smallest absolute Gasteiger partial charge is 0.319 e. The van der Waals surface area contributed by atoms with E-state index in [0.717, 1.165) is 6.61 Å². The number of hydrogen-bond acceptors (Lipinski definition) is 19. The molecule has 19 heteroatoms. The molecular weight excluding hydrogens is 808 g/mol. The standard InChI is InChI=1S/C7H12O6.2C7H12O4.C7H12O2.C5H12.C3H8O2.C3H8O.C3H8/c1-10-4-12-6(8)3-7(9)13-5-11-2;1-10-4-6(8)3-7(9)5-11-2;1-3-10-6(8)5-7(9)11-4-2;1-3-6(8)5-7(9)4-2;1-3-5-4-2;1-4-3-5-2;1-3-4-2;1-3-2/h3-5H2,1-2H3;2*3-5H2,1-2H3;3-5H2,1-2H3;3-5H2,1-2H3;3H2,1-2H3;3H2,1-2H3;3H2,1-2H3. The van der Waals surface area contributed by atoms with Crippen LogP contribution in [-0.4, -0.2) is 150 Å². The van der Waals surface area contributed by atoms with Gasteiger partial charge in [0.1, 0.15) is 44.4 Å². The number of hydrogen-bond donors (Lipinski definition) is 0. The Morgan fingerprint density at radius 3 is 0.787 bits per heavy atom. The monoisotopic (exact) mass is 893 g/mol. The van der Waals surface area contributed by atoms with Crippen molar-refractivity contribution in [2.24, 2.45) is 0 Å². The molecule has 0 aliphatic rings. The fraction of sp³-hybridized carbons (Fsp3) is 0.810. The molecule has 0 spiro atoms. The first-order valence-electron chi connectivity index (χ1n) is 20.1. The first kappa shape index (κ1) is 74.7. The Labute approximate surface area is 366 Å². The van der Waals surface area contributed by atoms with E-state index in [1.807, 2.05) is 6.92 Å². The van der Waals surface area contributed by atoms with Crippen molar-refractivity contribution in [1.29, 1.82) is 0 Å². The van der Waals surface area contributed by atoms with E-state index in [1.54, 1.807) is 49.0 Å². The van der Waals surface area contributed by atoms with Crippen molar-refractivity contribution in [2.75, 3.05) is 103 Å². The summed E-state index contributed by atoms with van der Waals surface area (Å²) >= 11 is 0. The average Bonchev–Trinajstić information content (AvgIpc) is 3.21. The van der Waals surface area contributed by atoms with Crippen molar-refractivity contribution < 1.29 is 90.5 Å². The molecule has 0 saturated carbocycles. The fourth-order valence-corrected chi connectivity index (χ4v) is 2.60. The molecule has 0 aliphatic carbocycles. The van der Waals surface area contributed by atoms with Crippen LogP contribution in [0.3, 0.4) is 0 Å². The first-order chi connectivity index (χ1) is 29.0. The Balaban J connectivity index is -0.0000000913. The highest BCUT2D eigenvalue weighted by Crippen LogP contribution is 1.94. The average molecular weight is 893 g/mol. The van der Waals surface area contributed by atoms with Gasteiger partial charge in [-0.3, -0.25) is 38.4 Å². The summed E-state index contributed by atoms with van der Waals surface area (Å²) in [5.41, 5.74) is 0. The predicted octanol–water partition coefficient (Wildman–Crippen LogP) is 5.82. The summed E-state index contributed by atoms with van der Waals surface area (Å²) in [6.07, 6.45) is 5.59. The van der Waals surface area contributed by atoms with Gasteiger partial charge in [0.15, 0.2) is 25.2 Å². The molecule has 0 amide bonds. The zero-order valence-corrected chi connectivity index (χ0v) is 40.5. The summed E-state index contributed by atoms with van der Waals surface area (Å²) in [4.78, 5) is 85.2. The van der Waals surface area contributed by atoms with Crippen LogP contribution in [0.2, 0.25) is 0 Å². The molecule has 0 heterocycles. The number of ether oxygens (including phenoxy) is 11. The van der Waals surface area contributed by atoms with E-state index in [-0.39, 0.29) is 82.4 Å². The SMILES string of the molecule is CCC.CCC(=O)CC(=O)CC.CCCCC.CCOC.CCOC(=O)CC(=O)OCC.COCC(=O)CC(=O)COC.COCOC.COCOC(=O)CC(=O)OCOC. The normalized spacial score (nSPS) is 8.85. The van der Waals surface area contributed by atoms with Crippen LogP contribution in [0.25, 0.3) is 0 Å². The highest BCUT2D eigenvalue weighted by molar-refractivity contribution is 6.00. The molecule has 61 heavy (non-hydrogen) atoms. The summed E-state index contributed by atoms with van der Waals surface area (Å²) in [7, 11) is 10.4. The minimum Gasteiger partial charge on any atom is -0.466 e. The lowest BCUT2D eigenvalue weighted by Gasteiger charge is -2.03. The minimum atomic E-state index is -0.692. The summed E-state index contributed by atoms with van der Waals surface area (Å²) in [5.74, 6) is -2.80. The van der Waals surface area contributed by atoms with Crippen LogP contribution < -0.4 is 0 Å². The van der Waals surface area contributed by atoms with Crippen molar-refractivity contribution in [3.05, 3.63) is 0 Å². The van der Waals surface area contributed by atoms with Crippen molar-refractivity contribution >= 4 is 47.0 Å². The second-order valence-corrected chi connectivity index (χ2v) is 11.2. The third-order valence-corrected chi connectivity index (χ3v) is 5.28. The lowest BCUT2D eigenvalue weighted by molar-refractivity contribution is -0.165. The van der Waals surface area contributed by atoms with Crippen LogP contribution in [0.15, 0.2) is 0 Å². The number of rotatable bonds is 25. The molecule has 19 nitrogen and oxygen atoms in total. The highest BCUT2D eigenvalue weighted by Gasteiger charge is 2.12. The number of ketones is 4. The van der Waals surface area contributed by atoms with Gasteiger partial charge in [0, 0.05) is 69.2 Å². The van der Waals surface area contributed by atoms with Crippen LogP contribution in [0.4, 0.5) is 0 Å².